The molecule has 0 spiro atoms. The van der Waals surface area contributed by atoms with Crippen LogP contribution in [0.5, 0.6) is 5.75 Å². The number of alkyl halides is 1. The molecule has 0 radical (unpaired) electrons. The lowest BCUT2D eigenvalue weighted by molar-refractivity contribution is 0.264. The van der Waals surface area contributed by atoms with Gasteiger partial charge in [-0.05, 0) is 31.7 Å². The first-order chi connectivity index (χ1) is 8.11. The Labute approximate surface area is 116 Å². The van der Waals surface area contributed by atoms with Crippen LogP contribution < -0.4 is 4.74 Å². The molecule has 17 heavy (non-hydrogen) atoms. The molecule has 0 saturated carbocycles. The predicted octanol–water partition coefficient (Wildman–Crippen LogP) is 3.49. The highest BCUT2D eigenvalue weighted by Crippen LogP contribution is 2.33. The number of hydrogen-bond acceptors (Lipinski definition) is 2. The first-order valence-corrected chi connectivity index (χ1v) is 7.32. The number of fused-ring (bicyclic) bond motifs is 1. The van der Waals surface area contributed by atoms with Gasteiger partial charge in [0.25, 0.3) is 0 Å². The quantitative estimate of drug-likeness (QED) is 0.788. The van der Waals surface area contributed by atoms with Gasteiger partial charge in [-0.25, -0.2) is 0 Å². The van der Waals surface area contributed by atoms with Gasteiger partial charge >= 0.3 is 0 Å². The number of halogens is 2. The highest BCUT2D eigenvalue weighted by atomic mass is 79.9. The number of rotatable bonds is 4. The third kappa shape index (κ3) is 2.95. The molecular weight excluding hydrogens is 302 g/mol. The van der Waals surface area contributed by atoms with Crippen molar-refractivity contribution in [1.29, 1.82) is 0 Å². The average Bonchev–Trinajstić information content (AvgIpc) is 2.75. The normalized spacial score (nSPS) is 15.8. The number of ether oxygens (including phenoxy) is 1. The summed E-state index contributed by atoms with van der Waals surface area (Å²) in [6.45, 7) is 3.84. The van der Waals surface area contributed by atoms with Crippen LogP contribution in [0.2, 0.25) is 5.02 Å². The monoisotopic (exact) mass is 317 g/mol. The first kappa shape index (κ1) is 13.2. The van der Waals surface area contributed by atoms with Gasteiger partial charge in [-0.1, -0.05) is 27.5 Å². The van der Waals surface area contributed by atoms with Crippen LogP contribution in [0.15, 0.2) is 12.1 Å². The second-order valence-electron chi connectivity index (χ2n) is 4.57. The summed E-state index contributed by atoms with van der Waals surface area (Å²) in [4.78, 5) is 2.29. The van der Waals surface area contributed by atoms with Gasteiger partial charge in [0.05, 0.1) is 6.61 Å². The fourth-order valence-corrected chi connectivity index (χ4v) is 2.76. The third-order valence-electron chi connectivity index (χ3n) is 3.22. The molecule has 2 nitrogen and oxygen atoms in total. The summed E-state index contributed by atoms with van der Waals surface area (Å²) >= 11 is 9.65. The molecule has 0 fully saturated rings. The van der Waals surface area contributed by atoms with E-state index in [2.05, 4.69) is 34.8 Å². The number of benzene rings is 1. The lowest BCUT2D eigenvalue weighted by atomic mass is 10.1. The molecule has 1 atom stereocenters. The minimum atomic E-state index is 0.492. The van der Waals surface area contributed by atoms with Crippen molar-refractivity contribution in [1.82, 2.24) is 4.90 Å². The van der Waals surface area contributed by atoms with Crippen molar-refractivity contribution in [3.8, 4) is 5.75 Å². The Balaban J connectivity index is 2.21. The first-order valence-electron chi connectivity index (χ1n) is 5.82. The largest absolute Gasteiger partial charge is 0.493 e. The van der Waals surface area contributed by atoms with Gasteiger partial charge in [-0.15, -0.1) is 0 Å². The van der Waals surface area contributed by atoms with E-state index in [0.29, 0.717) is 6.04 Å². The SMILES string of the molecule is CC(CBr)N(C)Cc1cc(Cl)cc2c1OCC2. The maximum Gasteiger partial charge on any atom is 0.127 e. The molecular formula is C13H17BrClNO. The lowest BCUT2D eigenvalue weighted by Crippen LogP contribution is -2.29. The van der Waals surface area contributed by atoms with Gasteiger partial charge in [0.1, 0.15) is 5.75 Å². The van der Waals surface area contributed by atoms with Crippen LogP contribution in [-0.2, 0) is 13.0 Å². The molecule has 1 aliphatic rings. The van der Waals surface area contributed by atoms with Crippen molar-refractivity contribution < 1.29 is 4.74 Å². The van der Waals surface area contributed by atoms with Crippen molar-refractivity contribution in [2.45, 2.75) is 25.9 Å². The zero-order chi connectivity index (χ0) is 12.4. The summed E-state index contributed by atoms with van der Waals surface area (Å²) in [5, 5.41) is 1.77. The maximum absolute atomic E-state index is 6.14. The Bertz CT molecular complexity index is 411. The minimum absolute atomic E-state index is 0.492. The standard InChI is InChI=1S/C13H17BrClNO/c1-9(7-14)16(2)8-11-6-12(15)5-10-3-4-17-13(10)11/h5-6,9H,3-4,7-8H2,1-2H3. The van der Waals surface area contributed by atoms with Gasteiger partial charge in [0, 0.05) is 34.9 Å². The summed E-state index contributed by atoms with van der Waals surface area (Å²) in [5.74, 6) is 1.04. The Morgan fingerprint density at radius 2 is 2.29 bits per heavy atom. The van der Waals surface area contributed by atoms with Crippen molar-refractivity contribution in [3.63, 3.8) is 0 Å². The van der Waals surface area contributed by atoms with E-state index in [9.17, 15) is 0 Å². The van der Waals surface area contributed by atoms with Crippen molar-refractivity contribution in [3.05, 3.63) is 28.3 Å². The Hall–Kier alpha value is -0.250. The second-order valence-corrected chi connectivity index (χ2v) is 5.65. The summed E-state index contributed by atoms with van der Waals surface area (Å²) in [6, 6.07) is 4.52. The van der Waals surface area contributed by atoms with Gasteiger partial charge in [0.15, 0.2) is 0 Å². The van der Waals surface area contributed by atoms with E-state index in [1.807, 2.05) is 12.1 Å². The van der Waals surface area contributed by atoms with E-state index in [1.54, 1.807) is 0 Å². The molecule has 0 amide bonds. The molecule has 4 heteroatoms. The Kier molecular flexibility index (Phi) is 4.34. The summed E-state index contributed by atoms with van der Waals surface area (Å²) in [6.07, 6.45) is 0.973. The summed E-state index contributed by atoms with van der Waals surface area (Å²) < 4.78 is 5.70. The molecule has 0 bridgehead atoms. The van der Waals surface area contributed by atoms with E-state index in [-0.39, 0.29) is 0 Å². The summed E-state index contributed by atoms with van der Waals surface area (Å²) in [7, 11) is 2.12. The summed E-state index contributed by atoms with van der Waals surface area (Å²) in [5.41, 5.74) is 2.44. The molecule has 0 saturated heterocycles. The van der Waals surface area contributed by atoms with Crippen molar-refractivity contribution in [2.24, 2.45) is 0 Å². The Morgan fingerprint density at radius 1 is 1.53 bits per heavy atom. The lowest BCUT2D eigenvalue weighted by Gasteiger charge is -2.23. The predicted molar refractivity (Wildman–Crippen MR) is 75.4 cm³/mol. The maximum atomic E-state index is 6.14. The smallest absolute Gasteiger partial charge is 0.127 e. The van der Waals surface area contributed by atoms with E-state index < -0.39 is 0 Å². The molecule has 1 aromatic rings. The topological polar surface area (TPSA) is 12.5 Å². The molecule has 2 rings (SSSR count). The van der Waals surface area contributed by atoms with Gasteiger partial charge in [-0.2, -0.15) is 0 Å². The van der Waals surface area contributed by atoms with Crippen LogP contribution in [-0.4, -0.2) is 29.9 Å². The number of nitrogens with zero attached hydrogens (tertiary/aromatic N) is 1. The van der Waals surface area contributed by atoms with E-state index in [1.165, 1.54) is 11.1 Å². The molecule has 1 unspecified atom stereocenters. The fourth-order valence-electron chi connectivity index (χ4n) is 2.01. The third-order valence-corrected chi connectivity index (χ3v) is 4.38. The van der Waals surface area contributed by atoms with Crippen LogP contribution in [0, 0.1) is 0 Å². The van der Waals surface area contributed by atoms with Gasteiger partial charge in [0.2, 0.25) is 0 Å². The molecule has 1 aliphatic heterocycles. The molecule has 0 N–H and O–H groups in total. The second kappa shape index (κ2) is 5.59. The van der Waals surface area contributed by atoms with Crippen LogP contribution in [0.3, 0.4) is 0 Å². The van der Waals surface area contributed by atoms with Gasteiger partial charge in [-0.3, -0.25) is 4.90 Å². The number of hydrogen-bond donors (Lipinski definition) is 0. The molecule has 1 aromatic carbocycles. The highest BCUT2D eigenvalue weighted by molar-refractivity contribution is 9.09. The zero-order valence-corrected chi connectivity index (χ0v) is 12.5. The molecule has 0 aliphatic carbocycles. The fraction of sp³-hybridized carbons (Fsp3) is 0.538. The van der Waals surface area contributed by atoms with Crippen molar-refractivity contribution in [2.75, 3.05) is 19.0 Å². The minimum Gasteiger partial charge on any atom is -0.493 e. The zero-order valence-electron chi connectivity index (χ0n) is 10.2. The van der Waals surface area contributed by atoms with Crippen LogP contribution in [0.1, 0.15) is 18.1 Å². The highest BCUT2D eigenvalue weighted by Gasteiger charge is 2.19. The van der Waals surface area contributed by atoms with Crippen LogP contribution in [0.4, 0.5) is 0 Å². The van der Waals surface area contributed by atoms with Gasteiger partial charge < -0.3 is 4.74 Å². The van der Waals surface area contributed by atoms with E-state index in [4.69, 9.17) is 16.3 Å². The molecule has 94 valence electrons. The Morgan fingerprint density at radius 3 is 3.00 bits per heavy atom. The molecule has 1 heterocycles. The van der Waals surface area contributed by atoms with Crippen molar-refractivity contribution >= 4 is 27.5 Å². The van der Waals surface area contributed by atoms with E-state index >= 15 is 0 Å². The van der Waals surface area contributed by atoms with E-state index in [0.717, 1.165) is 35.7 Å². The average molecular weight is 319 g/mol. The van der Waals surface area contributed by atoms with Crippen LogP contribution in [0.25, 0.3) is 0 Å². The van der Waals surface area contributed by atoms with Crippen LogP contribution >= 0.6 is 27.5 Å². The molecule has 0 aromatic heterocycles.